The maximum atomic E-state index is 4.59. The molecule has 98 valence electrons. The van der Waals surface area contributed by atoms with Gasteiger partial charge in [0.25, 0.3) is 0 Å². The zero-order valence-electron chi connectivity index (χ0n) is 11.1. The molecule has 1 atom stereocenters. The summed E-state index contributed by atoms with van der Waals surface area (Å²) < 4.78 is 2.35. The molecule has 19 heavy (non-hydrogen) atoms. The number of imidazole rings is 1. The highest BCUT2D eigenvalue weighted by Crippen LogP contribution is 2.36. The van der Waals surface area contributed by atoms with Gasteiger partial charge in [0.2, 0.25) is 0 Å². The van der Waals surface area contributed by atoms with Crippen molar-refractivity contribution in [3.05, 3.63) is 42.9 Å². The van der Waals surface area contributed by atoms with E-state index in [0.29, 0.717) is 6.04 Å². The summed E-state index contributed by atoms with van der Waals surface area (Å²) in [6.07, 6.45) is 6.95. The van der Waals surface area contributed by atoms with E-state index < -0.39 is 0 Å². The van der Waals surface area contributed by atoms with Crippen molar-refractivity contribution in [2.75, 3.05) is 19.6 Å². The molecule has 0 amide bonds. The Hall–Kier alpha value is -1.61. The molecule has 0 spiro atoms. The number of piperidine rings is 3. The maximum absolute atomic E-state index is 4.59. The van der Waals surface area contributed by atoms with Crippen LogP contribution in [-0.4, -0.2) is 34.1 Å². The van der Waals surface area contributed by atoms with E-state index in [9.17, 15) is 0 Å². The van der Waals surface area contributed by atoms with Gasteiger partial charge in [-0.05, 0) is 31.8 Å². The second-order valence-corrected chi connectivity index (χ2v) is 5.78. The first-order chi connectivity index (χ1) is 9.40. The van der Waals surface area contributed by atoms with Crippen molar-refractivity contribution < 1.29 is 0 Å². The first-order valence-corrected chi connectivity index (χ1v) is 7.21. The normalized spacial score (nSPS) is 29.6. The molecular formula is C16H19N3. The van der Waals surface area contributed by atoms with Crippen molar-refractivity contribution in [3.8, 4) is 11.3 Å². The van der Waals surface area contributed by atoms with Crippen LogP contribution >= 0.6 is 0 Å². The van der Waals surface area contributed by atoms with E-state index in [1.807, 2.05) is 12.4 Å². The zero-order chi connectivity index (χ0) is 12.7. The number of hydrogen-bond donors (Lipinski definition) is 0. The molecule has 0 N–H and O–H groups in total. The number of aromatic nitrogens is 2. The second-order valence-electron chi connectivity index (χ2n) is 5.78. The van der Waals surface area contributed by atoms with Gasteiger partial charge in [-0.3, -0.25) is 0 Å². The van der Waals surface area contributed by atoms with Crippen LogP contribution in [0.2, 0.25) is 0 Å². The Kier molecular flexibility index (Phi) is 2.66. The Bertz CT molecular complexity index is 552. The maximum Gasteiger partial charge on any atom is 0.0956 e. The van der Waals surface area contributed by atoms with Crippen LogP contribution in [0.4, 0.5) is 0 Å². The van der Waals surface area contributed by atoms with Crippen molar-refractivity contribution in [1.82, 2.24) is 14.5 Å². The predicted molar refractivity (Wildman–Crippen MR) is 75.9 cm³/mol. The van der Waals surface area contributed by atoms with Crippen LogP contribution in [0.3, 0.4) is 0 Å². The lowest BCUT2D eigenvalue weighted by Gasteiger charge is -2.45. The Labute approximate surface area is 113 Å². The smallest absolute Gasteiger partial charge is 0.0956 e. The molecule has 0 saturated carbocycles. The van der Waals surface area contributed by atoms with E-state index in [0.717, 1.165) is 11.6 Å². The summed E-state index contributed by atoms with van der Waals surface area (Å²) in [6, 6.07) is 11.1. The molecule has 2 bridgehead atoms. The van der Waals surface area contributed by atoms with Gasteiger partial charge >= 0.3 is 0 Å². The minimum absolute atomic E-state index is 0.632. The highest BCUT2D eigenvalue weighted by molar-refractivity contribution is 5.57. The number of fused-ring (bicyclic) bond motifs is 3. The second kappa shape index (κ2) is 4.49. The predicted octanol–water partition coefficient (Wildman–Crippen LogP) is 2.82. The molecule has 0 aliphatic carbocycles. The van der Waals surface area contributed by atoms with Gasteiger partial charge in [-0.25, -0.2) is 4.98 Å². The summed E-state index contributed by atoms with van der Waals surface area (Å²) in [7, 11) is 0. The van der Waals surface area contributed by atoms with E-state index in [4.69, 9.17) is 0 Å². The zero-order valence-corrected chi connectivity index (χ0v) is 11.1. The summed E-state index contributed by atoms with van der Waals surface area (Å²) >= 11 is 0. The van der Waals surface area contributed by atoms with Gasteiger partial charge in [-0.2, -0.15) is 0 Å². The van der Waals surface area contributed by atoms with Crippen LogP contribution in [0.1, 0.15) is 18.9 Å². The van der Waals surface area contributed by atoms with Crippen LogP contribution in [0.15, 0.2) is 42.9 Å². The third-order valence-electron chi connectivity index (χ3n) is 4.68. The Morgan fingerprint density at radius 1 is 1.05 bits per heavy atom. The topological polar surface area (TPSA) is 21.1 Å². The molecule has 0 radical (unpaired) electrons. The van der Waals surface area contributed by atoms with E-state index in [1.54, 1.807) is 0 Å². The first-order valence-electron chi connectivity index (χ1n) is 7.21. The average Bonchev–Trinajstić information content (AvgIpc) is 2.99. The molecule has 2 aromatic rings. The van der Waals surface area contributed by atoms with Gasteiger partial charge in [0.15, 0.2) is 0 Å². The third-order valence-corrected chi connectivity index (χ3v) is 4.68. The molecule has 1 aromatic heterocycles. The van der Waals surface area contributed by atoms with Crippen LogP contribution < -0.4 is 0 Å². The largest absolute Gasteiger partial charge is 0.332 e. The van der Waals surface area contributed by atoms with Gasteiger partial charge < -0.3 is 9.47 Å². The van der Waals surface area contributed by atoms with Crippen LogP contribution in [0.5, 0.6) is 0 Å². The molecule has 3 aliphatic heterocycles. The highest BCUT2D eigenvalue weighted by Gasteiger charge is 2.34. The quantitative estimate of drug-likeness (QED) is 0.820. The number of nitrogens with zero attached hydrogens (tertiary/aromatic N) is 3. The number of benzene rings is 1. The Balaban J connectivity index is 1.62. The lowest BCUT2D eigenvalue weighted by atomic mass is 9.84. The van der Waals surface area contributed by atoms with Crippen molar-refractivity contribution in [2.24, 2.45) is 5.92 Å². The molecule has 3 fully saturated rings. The lowest BCUT2D eigenvalue weighted by molar-refractivity contribution is 0.0570. The van der Waals surface area contributed by atoms with Crippen LogP contribution in [-0.2, 0) is 0 Å². The van der Waals surface area contributed by atoms with Crippen molar-refractivity contribution in [1.29, 1.82) is 0 Å². The number of hydrogen-bond acceptors (Lipinski definition) is 2. The third kappa shape index (κ3) is 1.98. The molecule has 3 heteroatoms. The molecule has 3 nitrogen and oxygen atoms in total. The molecule has 3 saturated heterocycles. The molecule has 0 unspecified atom stereocenters. The Morgan fingerprint density at radius 3 is 2.53 bits per heavy atom. The van der Waals surface area contributed by atoms with Crippen molar-refractivity contribution in [2.45, 2.75) is 18.9 Å². The van der Waals surface area contributed by atoms with Crippen molar-refractivity contribution in [3.63, 3.8) is 0 Å². The van der Waals surface area contributed by atoms with Crippen molar-refractivity contribution >= 4 is 0 Å². The summed E-state index contributed by atoms with van der Waals surface area (Å²) in [5.74, 6) is 0.850. The first kappa shape index (κ1) is 11.2. The van der Waals surface area contributed by atoms with Crippen LogP contribution in [0, 0.1) is 5.92 Å². The monoisotopic (exact) mass is 253 g/mol. The summed E-state index contributed by atoms with van der Waals surface area (Å²) in [6.45, 7) is 3.79. The standard InChI is InChI=1S/C16H19N3/c1-2-4-13(5-3-1)15-10-19(12-17-15)16-11-18-8-6-14(16)7-9-18/h1-5,10,12,14,16H,6-9,11H2/t16-/m0/s1. The lowest BCUT2D eigenvalue weighted by Crippen LogP contribution is -2.47. The molecule has 1 aromatic carbocycles. The fraction of sp³-hybridized carbons (Fsp3) is 0.438. The fourth-order valence-electron chi connectivity index (χ4n) is 3.55. The van der Waals surface area contributed by atoms with Gasteiger partial charge in [0.1, 0.15) is 0 Å². The van der Waals surface area contributed by atoms with E-state index >= 15 is 0 Å². The van der Waals surface area contributed by atoms with E-state index in [1.165, 1.54) is 38.0 Å². The summed E-state index contributed by atoms with van der Waals surface area (Å²) in [5, 5.41) is 0. The minimum atomic E-state index is 0.632. The molecule has 3 aliphatic rings. The highest BCUT2D eigenvalue weighted by atomic mass is 15.2. The Morgan fingerprint density at radius 2 is 1.84 bits per heavy atom. The van der Waals surface area contributed by atoms with Gasteiger partial charge in [-0.15, -0.1) is 0 Å². The molecular weight excluding hydrogens is 234 g/mol. The fourth-order valence-corrected chi connectivity index (χ4v) is 3.55. The van der Waals surface area contributed by atoms with Gasteiger partial charge in [0, 0.05) is 18.3 Å². The number of rotatable bonds is 2. The molecule has 5 rings (SSSR count). The van der Waals surface area contributed by atoms with Gasteiger partial charge in [-0.1, -0.05) is 30.3 Å². The molecule has 4 heterocycles. The van der Waals surface area contributed by atoms with Gasteiger partial charge in [0.05, 0.1) is 18.1 Å². The summed E-state index contributed by atoms with van der Waals surface area (Å²) in [5.41, 5.74) is 2.31. The summed E-state index contributed by atoms with van der Waals surface area (Å²) in [4.78, 5) is 7.18. The minimum Gasteiger partial charge on any atom is -0.332 e. The van der Waals surface area contributed by atoms with Crippen LogP contribution in [0.25, 0.3) is 11.3 Å². The van der Waals surface area contributed by atoms with E-state index in [2.05, 4.69) is 44.9 Å². The van der Waals surface area contributed by atoms with E-state index in [-0.39, 0.29) is 0 Å². The SMILES string of the molecule is c1ccc(-c2cn([C@H]3CN4CCC3CC4)cn2)cc1. The average molecular weight is 253 g/mol.